The molecular formula is C16H25NO. The summed E-state index contributed by atoms with van der Waals surface area (Å²) >= 11 is 0. The number of ether oxygens (including phenoxy) is 1. The van der Waals surface area contributed by atoms with Gasteiger partial charge in [-0.15, -0.1) is 0 Å². The van der Waals surface area contributed by atoms with E-state index in [1.54, 1.807) is 0 Å². The van der Waals surface area contributed by atoms with Crippen LogP contribution in [0, 0.1) is 6.92 Å². The molecule has 0 radical (unpaired) electrons. The van der Waals surface area contributed by atoms with Crippen LogP contribution in [-0.2, 0) is 11.2 Å². The molecule has 0 saturated carbocycles. The molecule has 1 aromatic carbocycles. The molecule has 1 aromatic rings. The van der Waals surface area contributed by atoms with E-state index in [1.165, 1.54) is 24.0 Å². The Morgan fingerprint density at radius 1 is 1.28 bits per heavy atom. The van der Waals surface area contributed by atoms with E-state index < -0.39 is 0 Å². The predicted octanol–water partition coefficient (Wildman–Crippen LogP) is 3.21. The normalized spacial score (nSPS) is 21.1. The maximum Gasteiger partial charge on any atom is 0.0576 e. The lowest BCUT2D eigenvalue weighted by Gasteiger charge is -2.14. The second kappa shape index (κ2) is 6.91. The van der Waals surface area contributed by atoms with Crippen LogP contribution in [0.5, 0.6) is 0 Å². The molecule has 1 heterocycles. The van der Waals surface area contributed by atoms with E-state index in [0.29, 0.717) is 12.1 Å². The van der Waals surface area contributed by atoms with E-state index in [1.807, 2.05) is 0 Å². The molecule has 1 aliphatic rings. The largest absolute Gasteiger partial charge is 0.378 e. The van der Waals surface area contributed by atoms with Gasteiger partial charge in [-0.25, -0.2) is 0 Å². The minimum Gasteiger partial charge on any atom is -0.378 e. The van der Waals surface area contributed by atoms with Crippen LogP contribution in [0.2, 0.25) is 0 Å². The van der Waals surface area contributed by atoms with Crippen LogP contribution >= 0.6 is 0 Å². The van der Waals surface area contributed by atoms with Crippen molar-refractivity contribution in [2.24, 2.45) is 5.73 Å². The molecule has 2 atom stereocenters. The fraction of sp³-hybridized carbons (Fsp3) is 0.625. The average Bonchev–Trinajstić information content (AvgIpc) is 2.89. The van der Waals surface area contributed by atoms with Crippen molar-refractivity contribution in [1.29, 1.82) is 0 Å². The van der Waals surface area contributed by atoms with Crippen molar-refractivity contribution in [2.75, 3.05) is 6.61 Å². The van der Waals surface area contributed by atoms with Crippen molar-refractivity contribution in [1.82, 2.24) is 0 Å². The summed E-state index contributed by atoms with van der Waals surface area (Å²) in [5.41, 5.74) is 8.89. The number of nitrogens with two attached hydrogens (primary N) is 1. The van der Waals surface area contributed by atoms with Crippen LogP contribution in [-0.4, -0.2) is 18.8 Å². The summed E-state index contributed by atoms with van der Waals surface area (Å²) in [6, 6.07) is 9.08. The molecule has 1 fully saturated rings. The van der Waals surface area contributed by atoms with Crippen molar-refractivity contribution in [3.63, 3.8) is 0 Å². The highest BCUT2D eigenvalue weighted by Gasteiger charge is 2.16. The molecule has 1 aliphatic heterocycles. The zero-order valence-electron chi connectivity index (χ0n) is 11.4. The number of rotatable bonds is 6. The quantitative estimate of drug-likeness (QED) is 0.837. The Labute approximate surface area is 111 Å². The molecule has 2 nitrogen and oxygen atoms in total. The van der Waals surface area contributed by atoms with E-state index in [9.17, 15) is 0 Å². The standard InChI is InChI=1S/C16H25NO/c1-13-4-6-14(7-5-13)8-9-15(17)10-11-16-3-2-12-18-16/h4-7,15-16H,2-3,8-12,17H2,1H3. The number of benzene rings is 1. The number of hydrogen-bond donors (Lipinski definition) is 1. The van der Waals surface area contributed by atoms with Gasteiger partial charge in [-0.05, 0) is 51.0 Å². The van der Waals surface area contributed by atoms with Gasteiger partial charge < -0.3 is 10.5 Å². The summed E-state index contributed by atoms with van der Waals surface area (Å²) in [7, 11) is 0. The highest BCUT2D eigenvalue weighted by atomic mass is 16.5. The van der Waals surface area contributed by atoms with Gasteiger partial charge in [0.1, 0.15) is 0 Å². The molecular weight excluding hydrogens is 222 g/mol. The molecule has 2 heteroatoms. The first-order valence-electron chi connectivity index (χ1n) is 7.17. The Kier molecular flexibility index (Phi) is 5.21. The van der Waals surface area contributed by atoms with Crippen LogP contribution in [0.3, 0.4) is 0 Å². The maximum atomic E-state index is 6.17. The van der Waals surface area contributed by atoms with Gasteiger partial charge in [-0.3, -0.25) is 0 Å². The third-order valence-corrected chi connectivity index (χ3v) is 3.81. The summed E-state index contributed by atoms with van der Waals surface area (Å²) in [6.07, 6.45) is 7.33. The lowest BCUT2D eigenvalue weighted by Crippen LogP contribution is -2.22. The van der Waals surface area contributed by atoms with Gasteiger partial charge in [0.2, 0.25) is 0 Å². The van der Waals surface area contributed by atoms with E-state index >= 15 is 0 Å². The molecule has 0 spiro atoms. The lowest BCUT2D eigenvalue weighted by molar-refractivity contribution is 0.100. The van der Waals surface area contributed by atoms with Crippen molar-refractivity contribution in [2.45, 2.75) is 57.6 Å². The molecule has 100 valence electrons. The monoisotopic (exact) mass is 247 g/mol. The van der Waals surface area contributed by atoms with E-state index in [-0.39, 0.29) is 0 Å². The van der Waals surface area contributed by atoms with Gasteiger partial charge in [0.15, 0.2) is 0 Å². The van der Waals surface area contributed by atoms with Gasteiger partial charge in [-0.1, -0.05) is 29.8 Å². The van der Waals surface area contributed by atoms with Gasteiger partial charge in [0, 0.05) is 12.6 Å². The zero-order valence-corrected chi connectivity index (χ0v) is 11.4. The number of aryl methyl sites for hydroxylation is 2. The third kappa shape index (κ3) is 4.43. The fourth-order valence-corrected chi connectivity index (χ4v) is 2.52. The maximum absolute atomic E-state index is 6.17. The minimum atomic E-state index is 0.315. The van der Waals surface area contributed by atoms with E-state index in [0.717, 1.165) is 32.3 Å². The molecule has 2 N–H and O–H groups in total. The number of hydrogen-bond acceptors (Lipinski definition) is 2. The molecule has 2 unspecified atom stereocenters. The van der Waals surface area contributed by atoms with E-state index in [2.05, 4.69) is 31.2 Å². The minimum absolute atomic E-state index is 0.315. The second-order valence-electron chi connectivity index (χ2n) is 5.50. The lowest BCUT2D eigenvalue weighted by atomic mass is 9.99. The van der Waals surface area contributed by atoms with Crippen LogP contribution in [0.15, 0.2) is 24.3 Å². The van der Waals surface area contributed by atoms with Gasteiger partial charge in [0.25, 0.3) is 0 Å². The Balaban J connectivity index is 1.64. The summed E-state index contributed by atoms with van der Waals surface area (Å²) < 4.78 is 5.62. The smallest absolute Gasteiger partial charge is 0.0576 e. The highest BCUT2D eigenvalue weighted by molar-refractivity contribution is 5.21. The first-order chi connectivity index (χ1) is 8.74. The Hall–Kier alpha value is -0.860. The Morgan fingerprint density at radius 3 is 2.72 bits per heavy atom. The second-order valence-corrected chi connectivity index (χ2v) is 5.50. The molecule has 1 saturated heterocycles. The topological polar surface area (TPSA) is 35.2 Å². The highest BCUT2D eigenvalue weighted by Crippen LogP contribution is 2.18. The summed E-state index contributed by atoms with van der Waals surface area (Å²) in [6.45, 7) is 3.07. The zero-order chi connectivity index (χ0) is 12.8. The van der Waals surface area contributed by atoms with Crippen molar-refractivity contribution >= 4 is 0 Å². The van der Waals surface area contributed by atoms with Crippen molar-refractivity contribution in [3.8, 4) is 0 Å². The molecule has 0 aromatic heterocycles. The van der Waals surface area contributed by atoms with Gasteiger partial charge in [0.05, 0.1) is 6.10 Å². The van der Waals surface area contributed by atoms with Crippen LogP contribution in [0.25, 0.3) is 0 Å². The molecule has 0 amide bonds. The molecule has 18 heavy (non-hydrogen) atoms. The van der Waals surface area contributed by atoms with Crippen LogP contribution in [0.4, 0.5) is 0 Å². The van der Waals surface area contributed by atoms with Gasteiger partial charge in [-0.2, -0.15) is 0 Å². The first kappa shape index (κ1) is 13.6. The van der Waals surface area contributed by atoms with E-state index in [4.69, 9.17) is 10.5 Å². The van der Waals surface area contributed by atoms with Crippen LogP contribution in [0.1, 0.15) is 43.2 Å². The average molecular weight is 247 g/mol. The first-order valence-corrected chi connectivity index (χ1v) is 7.17. The van der Waals surface area contributed by atoms with Gasteiger partial charge >= 0.3 is 0 Å². The SMILES string of the molecule is Cc1ccc(CCC(N)CCC2CCCO2)cc1. The Morgan fingerprint density at radius 2 is 2.06 bits per heavy atom. The summed E-state index contributed by atoms with van der Waals surface area (Å²) in [5.74, 6) is 0. The fourth-order valence-electron chi connectivity index (χ4n) is 2.52. The predicted molar refractivity (Wildman–Crippen MR) is 75.7 cm³/mol. The van der Waals surface area contributed by atoms with Crippen molar-refractivity contribution < 1.29 is 4.74 Å². The Bertz CT molecular complexity index is 341. The van der Waals surface area contributed by atoms with Crippen molar-refractivity contribution in [3.05, 3.63) is 35.4 Å². The summed E-state index contributed by atoms with van der Waals surface area (Å²) in [5, 5.41) is 0. The summed E-state index contributed by atoms with van der Waals surface area (Å²) in [4.78, 5) is 0. The molecule has 0 bridgehead atoms. The van der Waals surface area contributed by atoms with Crippen LogP contribution < -0.4 is 5.73 Å². The molecule has 2 rings (SSSR count). The third-order valence-electron chi connectivity index (χ3n) is 3.81. The molecule has 0 aliphatic carbocycles.